The Morgan fingerprint density at radius 1 is 0.837 bits per heavy atom. The van der Waals surface area contributed by atoms with Crippen molar-refractivity contribution in [2.45, 2.75) is 37.1 Å². The van der Waals surface area contributed by atoms with Crippen LogP contribution in [0.2, 0.25) is 0 Å². The van der Waals surface area contributed by atoms with Gasteiger partial charge in [-0.2, -0.15) is 0 Å². The highest BCUT2D eigenvalue weighted by atomic mass is 19.1. The number of carbonyl (C=O) groups is 4. The second kappa shape index (κ2) is 16.0. The molecule has 0 aromatic heterocycles. The number of β-lactam (4-membered cyclic amide) rings is 1. The first-order valence-corrected chi connectivity index (χ1v) is 15.7. The monoisotopic (exact) mass is 669 g/mol. The lowest BCUT2D eigenvalue weighted by atomic mass is 9.78. The summed E-state index contributed by atoms with van der Waals surface area (Å²) < 4.78 is 19.0. The highest BCUT2D eigenvalue weighted by Gasteiger charge is 2.48. The quantitative estimate of drug-likeness (QED) is 0.119. The lowest BCUT2D eigenvalue weighted by molar-refractivity contribution is -0.143. The molecule has 1 saturated heterocycles. The molecule has 0 bridgehead atoms. The number of aliphatic hydroxyl groups is 2. The predicted molar refractivity (Wildman–Crippen MR) is 177 cm³/mol. The lowest BCUT2D eigenvalue weighted by Gasteiger charge is -2.48. The minimum Gasteiger partial charge on any atom is -0.484 e. The molecule has 0 aliphatic carbocycles. The zero-order valence-corrected chi connectivity index (χ0v) is 26.3. The van der Waals surface area contributed by atoms with Crippen molar-refractivity contribution in [3.8, 4) is 5.75 Å². The van der Waals surface area contributed by atoms with Gasteiger partial charge in [0.25, 0.3) is 5.91 Å². The summed E-state index contributed by atoms with van der Waals surface area (Å²) in [6.45, 7) is -1.28. The van der Waals surface area contributed by atoms with Crippen LogP contribution in [0, 0.1) is 11.7 Å². The number of ether oxygens (including phenoxy) is 1. The van der Waals surface area contributed by atoms with Gasteiger partial charge in [0.1, 0.15) is 23.7 Å². The van der Waals surface area contributed by atoms with Crippen LogP contribution >= 0.6 is 0 Å². The van der Waals surface area contributed by atoms with Crippen LogP contribution in [0.25, 0.3) is 0 Å². The van der Waals surface area contributed by atoms with Crippen LogP contribution in [0.3, 0.4) is 0 Å². The van der Waals surface area contributed by atoms with Gasteiger partial charge in [0, 0.05) is 5.69 Å². The molecule has 1 fully saturated rings. The summed E-state index contributed by atoms with van der Waals surface area (Å²) >= 11 is 0. The van der Waals surface area contributed by atoms with E-state index in [1.807, 2.05) is 30.3 Å². The molecule has 254 valence electrons. The molecule has 1 aliphatic rings. The van der Waals surface area contributed by atoms with Crippen molar-refractivity contribution in [2.24, 2.45) is 5.92 Å². The number of para-hydroxylation sites is 1. The number of nitrogens with zero attached hydrogens (tertiary/aromatic N) is 1. The van der Waals surface area contributed by atoms with Gasteiger partial charge in [-0.3, -0.25) is 14.4 Å². The van der Waals surface area contributed by atoms with Crippen LogP contribution in [0.5, 0.6) is 5.75 Å². The number of nitrogens with one attached hydrogen (secondary N) is 2. The number of halogens is 1. The topological polar surface area (TPSA) is 165 Å². The average molecular weight is 670 g/mol. The Morgan fingerprint density at radius 3 is 2.08 bits per heavy atom. The van der Waals surface area contributed by atoms with E-state index in [1.165, 1.54) is 24.3 Å². The average Bonchev–Trinajstić information content (AvgIpc) is 3.12. The molecule has 4 aromatic carbocycles. The fourth-order valence-electron chi connectivity index (χ4n) is 5.78. The van der Waals surface area contributed by atoms with E-state index in [-0.39, 0.29) is 11.9 Å². The van der Waals surface area contributed by atoms with Gasteiger partial charge in [-0.15, -0.1) is 0 Å². The van der Waals surface area contributed by atoms with E-state index in [9.17, 15) is 38.9 Å². The number of hydrogen-bond donors (Lipinski definition) is 5. The molecule has 1 heterocycles. The molecule has 1 aliphatic heterocycles. The van der Waals surface area contributed by atoms with Crippen molar-refractivity contribution in [2.75, 3.05) is 18.1 Å². The molecule has 0 radical (unpaired) electrons. The number of aliphatic carboxylic acids is 1. The van der Waals surface area contributed by atoms with E-state index < -0.39 is 60.9 Å². The van der Waals surface area contributed by atoms with Crippen molar-refractivity contribution in [3.63, 3.8) is 0 Å². The number of amides is 3. The number of carbonyl (C=O) groups excluding carboxylic acids is 3. The molecule has 12 heteroatoms. The number of anilines is 1. The zero-order valence-electron chi connectivity index (χ0n) is 26.3. The van der Waals surface area contributed by atoms with Gasteiger partial charge in [-0.25, -0.2) is 9.18 Å². The fraction of sp³-hybridized carbons (Fsp3) is 0.243. The van der Waals surface area contributed by atoms with E-state index >= 15 is 0 Å². The van der Waals surface area contributed by atoms with E-state index in [0.717, 1.165) is 11.3 Å². The Hall–Kier alpha value is -5.59. The van der Waals surface area contributed by atoms with Gasteiger partial charge in [-0.05, 0) is 65.9 Å². The Balaban J connectivity index is 1.25. The Labute approximate surface area is 282 Å². The van der Waals surface area contributed by atoms with Crippen molar-refractivity contribution in [3.05, 3.63) is 132 Å². The molecule has 3 amide bonds. The first-order valence-electron chi connectivity index (χ1n) is 15.7. The Morgan fingerprint density at radius 2 is 1.47 bits per heavy atom. The number of benzene rings is 4. The summed E-state index contributed by atoms with van der Waals surface area (Å²) in [5.41, 5.74) is 2.52. The fourth-order valence-corrected chi connectivity index (χ4v) is 5.78. The summed E-state index contributed by atoms with van der Waals surface area (Å²) in [7, 11) is 0. The minimum absolute atomic E-state index is 0.0785. The first-order chi connectivity index (χ1) is 23.7. The van der Waals surface area contributed by atoms with E-state index in [1.54, 1.807) is 59.5 Å². The van der Waals surface area contributed by atoms with E-state index in [0.29, 0.717) is 29.7 Å². The van der Waals surface area contributed by atoms with Gasteiger partial charge >= 0.3 is 5.97 Å². The van der Waals surface area contributed by atoms with Crippen LogP contribution in [0.15, 0.2) is 109 Å². The molecular formula is C37H36FN3O8. The molecule has 0 saturated carbocycles. The largest absolute Gasteiger partial charge is 0.484 e. The summed E-state index contributed by atoms with van der Waals surface area (Å²) in [5, 5.41) is 34.0. The van der Waals surface area contributed by atoms with Crippen LogP contribution in [0.1, 0.15) is 47.7 Å². The Bertz CT molecular complexity index is 1740. The van der Waals surface area contributed by atoms with Gasteiger partial charge < -0.3 is 35.6 Å². The molecule has 0 unspecified atom stereocenters. The maximum atomic E-state index is 13.4. The van der Waals surface area contributed by atoms with Gasteiger partial charge in [0.05, 0.1) is 24.7 Å². The second-order valence-electron chi connectivity index (χ2n) is 11.6. The van der Waals surface area contributed by atoms with Crippen LogP contribution in [-0.2, 0) is 19.2 Å². The van der Waals surface area contributed by atoms with Gasteiger partial charge in [0.15, 0.2) is 6.61 Å². The maximum Gasteiger partial charge on any atom is 0.328 e. The highest BCUT2D eigenvalue weighted by Crippen LogP contribution is 2.46. The van der Waals surface area contributed by atoms with Gasteiger partial charge in [0.2, 0.25) is 11.8 Å². The Kier molecular flexibility index (Phi) is 11.3. The molecule has 4 aromatic rings. The van der Waals surface area contributed by atoms with Crippen molar-refractivity contribution in [1.82, 2.24) is 10.6 Å². The molecule has 11 nitrogen and oxygen atoms in total. The number of carboxylic acid groups (broad SMARTS) is 1. The van der Waals surface area contributed by atoms with Crippen molar-refractivity contribution < 1.29 is 43.6 Å². The van der Waals surface area contributed by atoms with Crippen LogP contribution < -0.4 is 20.3 Å². The minimum atomic E-state index is -1.55. The van der Waals surface area contributed by atoms with E-state index in [2.05, 4.69) is 10.6 Å². The first kappa shape index (κ1) is 34.7. The molecular weight excluding hydrogens is 633 g/mol. The molecule has 5 rings (SSSR count). The SMILES string of the molecule is O=C(COc1ccc([C@@H]2[C@@H](CC[C@H](O)c3ccc(F)cc3)C(=O)N2c2ccccc2)cc1)N[C@@H](C(=O)N[C@H](CO)C(=O)O)c1ccccc1. The number of carboxylic acids is 1. The van der Waals surface area contributed by atoms with Crippen LogP contribution in [-0.4, -0.2) is 58.3 Å². The maximum absolute atomic E-state index is 13.4. The smallest absolute Gasteiger partial charge is 0.328 e. The second-order valence-corrected chi connectivity index (χ2v) is 11.6. The normalized spacial score (nSPS) is 17.3. The third kappa shape index (κ3) is 8.47. The molecule has 5 atom stereocenters. The number of hydrogen-bond acceptors (Lipinski definition) is 7. The van der Waals surface area contributed by atoms with Gasteiger partial charge in [-0.1, -0.05) is 72.8 Å². The lowest BCUT2D eigenvalue weighted by Crippen LogP contribution is -2.55. The highest BCUT2D eigenvalue weighted by molar-refractivity contribution is 6.03. The predicted octanol–water partition coefficient (Wildman–Crippen LogP) is 3.84. The number of rotatable bonds is 15. The van der Waals surface area contributed by atoms with Crippen molar-refractivity contribution >= 4 is 29.4 Å². The van der Waals surface area contributed by atoms with E-state index in [4.69, 9.17) is 4.74 Å². The van der Waals surface area contributed by atoms with Crippen molar-refractivity contribution in [1.29, 1.82) is 0 Å². The molecule has 49 heavy (non-hydrogen) atoms. The standard InChI is InChI=1S/C37H36FN3O8/c38-26-15-11-23(12-16-26)31(43)20-19-29-34(41(36(29)46)27-9-5-2-6-10-27)25-13-17-28(18-14-25)49-22-32(44)40-33(24-7-3-1-4-8-24)35(45)39-30(21-42)37(47)48/h1-18,29-31,33-34,42-43H,19-22H2,(H,39,45)(H,40,44)(H,47,48)/t29-,30-,31+,33-,34-/m1/s1. The summed E-state index contributed by atoms with van der Waals surface area (Å²) in [5.74, 6) is -3.43. The van der Waals surface area contributed by atoms with Crippen LogP contribution in [0.4, 0.5) is 10.1 Å². The third-order valence-corrected chi connectivity index (χ3v) is 8.34. The summed E-state index contributed by atoms with van der Waals surface area (Å²) in [6.07, 6.45) is -0.162. The molecule has 0 spiro atoms. The third-order valence-electron chi connectivity index (χ3n) is 8.34. The zero-order chi connectivity index (χ0) is 34.9. The summed E-state index contributed by atoms with van der Waals surface area (Å²) in [4.78, 5) is 52.2. The molecule has 5 N–H and O–H groups in total. The number of aliphatic hydroxyl groups excluding tert-OH is 2. The summed E-state index contributed by atoms with van der Waals surface area (Å²) in [6, 6.07) is 26.9.